The number of carboxylic acid groups (broad SMARTS) is 1. The molecular formula is C19H14N3O2S+. The molecule has 0 unspecified atom stereocenters. The number of aromatic nitrogens is 2. The van der Waals surface area contributed by atoms with Crippen LogP contribution in [0.25, 0.3) is 21.3 Å². The summed E-state index contributed by atoms with van der Waals surface area (Å²) in [5, 5.41) is 15.4. The van der Waals surface area contributed by atoms with Crippen molar-refractivity contribution in [2.45, 2.75) is 0 Å². The van der Waals surface area contributed by atoms with E-state index in [1.165, 1.54) is 0 Å². The zero-order chi connectivity index (χ0) is 17.2. The van der Waals surface area contributed by atoms with Crippen LogP contribution in [0, 0.1) is 0 Å². The van der Waals surface area contributed by atoms with Crippen LogP contribution in [0.2, 0.25) is 0 Å². The van der Waals surface area contributed by atoms with Gasteiger partial charge >= 0.3 is 5.97 Å². The molecule has 0 atom stereocenters. The number of thiophene rings is 1. The van der Waals surface area contributed by atoms with Gasteiger partial charge in [-0.15, -0.1) is 11.3 Å². The number of aromatic amines is 1. The lowest BCUT2D eigenvalue weighted by molar-refractivity contribution is -0.346. The molecule has 122 valence electrons. The molecule has 2 heterocycles. The minimum atomic E-state index is -0.939. The van der Waals surface area contributed by atoms with Crippen LogP contribution in [-0.2, 0) is 0 Å². The van der Waals surface area contributed by atoms with Gasteiger partial charge in [-0.05, 0) is 34.8 Å². The number of fused-ring (bicyclic) bond motifs is 1. The van der Waals surface area contributed by atoms with E-state index in [9.17, 15) is 4.79 Å². The van der Waals surface area contributed by atoms with Crippen molar-refractivity contribution < 1.29 is 14.9 Å². The normalized spacial score (nSPS) is 10.7. The van der Waals surface area contributed by atoms with Crippen LogP contribution in [0.3, 0.4) is 0 Å². The summed E-state index contributed by atoms with van der Waals surface area (Å²) in [6.45, 7) is 0. The number of hydrogen-bond donors (Lipinski definition) is 2. The van der Waals surface area contributed by atoms with E-state index in [1.54, 1.807) is 41.9 Å². The van der Waals surface area contributed by atoms with Crippen molar-refractivity contribution >= 4 is 39.0 Å². The molecule has 3 N–H and O–H groups in total. The molecule has 0 spiro atoms. The fraction of sp³-hybridized carbons (Fsp3) is 0. The minimum absolute atomic E-state index is 0.255. The summed E-state index contributed by atoms with van der Waals surface area (Å²) < 4.78 is 0. The maximum absolute atomic E-state index is 11.0. The van der Waals surface area contributed by atoms with E-state index in [1.807, 2.05) is 18.2 Å². The first kappa shape index (κ1) is 15.3. The molecule has 0 amide bonds. The monoisotopic (exact) mass is 348 g/mol. The van der Waals surface area contributed by atoms with E-state index in [4.69, 9.17) is 5.11 Å². The molecule has 0 aliphatic heterocycles. The molecular weight excluding hydrogens is 334 g/mol. The summed E-state index contributed by atoms with van der Waals surface area (Å²) in [4.78, 5) is 19.6. The third kappa shape index (κ3) is 2.95. The molecule has 2 aromatic carbocycles. The van der Waals surface area contributed by atoms with E-state index in [0.29, 0.717) is 0 Å². The van der Waals surface area contributed by atoms with E-state index >= 15 is 0 Å². The highest BCUT2D eigenvalue weighted by molar-refractivity contribution is 7.17. The standard InChI is InChI=1S/C19H13N3O2S/c23-19(24)13-6-8-14(9-7-13)22-17-16-15(12-4-2-1-3-5-12)10-25-18(16)21-11-20-17/h1-11H,(H,23,24)(H,20,21,22)/p+1. The Kier molecular flexibility index (Phi) is 3.87. The van der Waals surface area contributed by atoms with Gasteiger partial charge in [-0.25, -0.2) is 9.78 Å². The summed E-state index contributed by atoms with van der Waals surface area (Å²) in [5.41, 5.74) is 3.27. The topological polar surface area (TPSA) is 76.4 Å². The summed E-state index contributed by atoms with van der Waals surface area (Å²) in [6.07, 6.45) is 1.65. The molecule has 0 saturated heterocycles. The Balaban J connectivity index is 1.77. The second-order valence-electron chi connectivity index (χ2n) is 5.48. The Bertz CT molecular complexity index is 1040. The van der Waals surface area contributed by atoms with E-state index in [0.717, 1.165) is 32.8 Å². The highest BCUT2D eigenvalue weighted by Gasteiger charge is 2.17. The van der Waals surface area contributed by atoms with Crippen molar-refractivity contribution in [3.05, 3.63) is 71.9 Å². The first-order valence-corrected chi connectivity index (χ1v) is 8.54. The van der Waals surface area contributed by atoms with Gasteiger partial charge in [-0.1, -0.05) is 30.3 Å². The van der Waals surface area contributed by atoms with Crippen molar-refractivity contribution in [3.8, 4) is 11.1 Å². The molecule has 2 aromatic heterocycles. The van der Waals surface area contributed by atoms with Gasteiger partial charge in [0, 0.05) is 16.6 Å². The maximum atomic E-state index is 11.0. The average molecular weight is 348 g/mol. The minimum Gasteiger partial charge on any atom is -0.478 e. The van der Waals surface area contributed by atoms with Crippen LogP contribution >= 0.6 is 11.3 Å². The highest BCUT2D eigenvalue weighted by Crippen LogP contribution is 2.36. The van der Waals surface area contributed by atoms with Crippen LogP contribution in [-0.4, -0.2) is 16.1 Å². The maximum Gasteiger partial charge on any atom is 0.335 e. The van der Waals surface area contributed by atoms with Gasteiger partial charge < -0.3 is 10.4 Å². The molecule has 0 aliphatic rings. The van der Waals surface area contributed by atoms with Crippen molar-refractivity contribution in [3.63, 3.8) is 0 Å². The number of nitrogens with zero attached hydrogens (tertiary/aromatic N) is 1. The number of carboxylic acids is 1. The van der Waals surface area contributed by atoms with Crippen molar-refractivity contribution in [2.24, 2.45) is 0 Å². The third-order valence-corrected chi connectivity index (χ3v) is 4.81. The van der Waals surface area contributed by atoms with Gasteiger partial charge in [0.15, 0.2) is 4.83 Å². The second kappa shape index (κ2) is 6.33. The molecule has 4 aromatic rings. The smallest absolute Gasteiger partial charge is 0.335 e. The van der Waals surface area contributed by atoms with Gasteiger partial charge in [0.05, 0.1) is 5.56 Å². The number of hydrogen-bond acceptors (Lipinski definition) is 4. The van der Waals surface area contributed by atoms with Gasteiger partial charge in [-0.3, -0.25) is 0 Å². The molecule has 0 bridgehead atoms. The number of anilines is 2. The van der Waals surface area contributed by atoms with E-state index < -0.39 is 5.97 Å². The number of rotatable bonds is 4. The molecule has 0 radical (unpaired) electrons. The Hall–Kier alpha value is -3.25. The predicted octanol–water partition coefficient (Wildman–Crippen LogP) is 4.22. The lowest BCUT2D eigenvalue weighted by atomic mass is 10.1. The molecule has 5 nitrogen and oxygen atoms in total. The van der Waals surface area contributed by atoms with Crippen molar-refractivity contribution in [1.82, 2.24) is 4.98 Å². The van der Waals surface area contributed by atoms with Crippen LogP contribution in [0.15, 0.2) is 66.3 Å². The quantitative estimate of drug-likeness (QED) is 0.579. The van der Waals surface area contributed by atoms with Gasteiger partial charge in [0.1, 0.15) is 5.39 Å². The van der Waals surface area contributed by atoms with Crippen molar-refractivity contribution in [2.75, 3.05) is 5.32 Å². The summed E-state index contributed by atoms with van der Waals surface area (Å²) in [5.74, 6) is -0.206. The van der Waals surface area contributed by atoms with Crippen LogP contribution in [0.4, 0.5) is 11.5 Å². The Morgan fingerprint density at radius 3 is 2.56 bits per heavy atom. The van der Waals surface area contributed by atoms with Gasteiger partial charge in [-0.2, -0.15) is 0 Å². The predicted molar refractivity (Wildman–Crippen MR) is 98.3 cm³/mol. The zero-order valence-corrected chi connectivity index (χ0v) is 13.9. The first-order chi connectivity index (χ1) is 12.2. The van der Waals surface area contributed by atoms with Gasteiger partial charge in [0.2, 0.25) is 0 Å². The molecule has 4 rings (SSSR count). The molecule has 25 heavy (non-hydrogen) atoms. The number of H-pyrrole nitrogens is 1. The summed E-state index contributed by atoms with van der Waals surface area (Å²) in [7, 11) is 0. The largest absolute Gasteiger partial charge is 0.478 e. The number of carbonyl (C=O) groups is 1. The second-order valence-corrected chi connectivity index (χ2v) is 6.36. The van der Waals surface area contributed by atoms with E-state index in [-0.39, 0.29) is 5.56 Å². The fourth-order valence-corrected chi connectivity index (χ4v) is 3.61. The van der Waals surface area contributed by atoms with Crippen molar-refractivity contribution in [1.29, 1.82) is 0 Å². The number of aromatic carboxylic acids is 1. The van der Waals surface area contributed by atoms with Crippen LogP contribution in [0.1, 0.15) is 10.4 Å². The summed E-state index contributed by atoms with van der Waals surface area (Å²) >= 11 is 1.63. The zero-order valence-electron chi connectivity index (χ0n) is 13.1. The first-order valence-electron chi connectivity index (χ1n) is 7.66. The van der Waals surface area contributed by atoms with Crippen LogP contribution < -0.4 is 10.3 Å². The molecule has 0 saturated carbocycles. The Morgan fingerprint density at radius 2 is 1.84 bits per heavy atom. The average Bonchev–Trinajstić information content (AvgIpc) is 3.08. The SMILES string of the molecule is O=C(O)c1ccc(Nc2nc[nH+]c3scc(-c4ccccc4)c23)cc1. The Morgan fingerprint density at radius 1 is 1.08 bits per heavy atom. The van der Waals surface area contributed by atoms with Crippen LogP contribution in [0.5, 0.6) is 0 Å². The lowest BCUT2D eigenvalue weighted by Gasteiger charge is -2.05. The van der Waals surface area contributed by atoms with Gasteiger partial charge in [0.25, 0.3) is 12.1 Å². The summed E-state index contributed by atoms with van der Waals surface area (Å²) in [6, 6.07) is 16.8. The molecule has 0 aliphatic carbocycles. The number of nitrogens with one attached hydrogen (secondary N) is 2. The highest BCUT2D eigenvalue weighted by atomic mass is 32.1. The fourth-order valence-electron chi connectivity index (χ4n) is 2.68. The third-order valence-electron chi connectivity index (χ3n) is 3.90. The lowest BCUT2D eigenvalue weighted by Crippen LogP contribution is -2.05. The number of benzene rings is 2. The molecule has 6 heteroatoms. The Labute approximate surface area is 147 Å². The van der Waals surface area contributed by atoms with E-state index in [2.05, 4.69) is 32.8 Å². The molecule has 0 fully saturated rings.